The number of hydrogen-bond acceptors (Lipinski definition) is 1. The van der Waals surface area contributed by atoms with Gasteiger partial charge in [0.2, 0.25) is 0 Å². The Morgan fingerprint density at radius 2 is 1.88 bits per heavy atom. The minimum atomic E-state index is -0.753. The second-order valence-electron chi connectivity index (χ2n) is 4.32. The Balaban J connectivity index is 0.00000106. The Labute approximate surface area is 98.3 Å². The standard InChI is InChI=1S/C12H16O2.C2H6/c1-9-5-4-6-10(7-9)12(2,3)8-11(13)14;1-2/h4-7H,8H2,1-3H3,(H,13,14);1-2H3. The first-order valence-corrected chi connectivity index (χ1v) is 5.71. The lowest BCUT2D eigenvalue weighted by Crippen LogP contribution is -2.21. The molecule has 0 aliphatic carbocycles. The molecule has 0 fully saturated rings. The molecule has 0 bridgehead atoms. The molecular weight excluding hydrogens is 200 g/mol. The van der Waals surface area contributed by atoms with Crippen molar-refractivity contribution < 1.29 is 9.90 Å². The number of carbonyl (C=O) groups is 1. The molecule has 90 valence electrons. The number of hydrogen-bond donors (Lipinski definition) is 1. The SMILES string of the molecule is CC.Cc1cccc(C(C)(C)CC(=O)O)c1. The third-order valence-electron chi connectivity index (χ3n) is 2.39. The Morgan fingerprint density at radius 1 is 1.31 bits per heavy atom. The fourth-order valence-electron chi connectivity index (χ4n) is 1.55. The maximum absolute atomic E-state index is 10.7. The highest BCUT2D eigenvalue weighted by molar-refractivity contribution is 5.68. The van der Waals surface area contributed by atoms with Crippen molar-refractivity contribution >= 4 is 5.97 Å². The molecule has 0 atom stereocenters. The molecule has 0 aliphatic heterocycles. The molecule has 0 aromatic heterocycles. The largest absolute Gasteiger partial charge is 0.481 e. The predicted molar refractivity (Wildman–Crippen MR) is 67.8 cm³/mol. The van der Waals surface area contributed by atoms with Gasteiger partial charge in [-0.05, 0) is 12.5 Å². The maximum atomic E-state index is 10.7. The lowest BCUT2D eigenvalue weighted by Gasteiger charge is -2.23. The number of aliphatic carboxylic acids is 1. The first-order chi connectivity index (χ1) is 7.42. The first-order valence-electron chi connectivity index (χ1n) is 5.71. The third-order valence-corrected chi connectivity index (χ3v) is 2.39. The van der Waals surface area contributed by atoms with E-state index in [9.17, 15) is 4.79 Å². The Hall–Kier alpha value is -1.31. The molecule has 0 saturated heterocycles. The van der Waals surface area contributed by atoms with Crippen molar-refractivity contribution in [2.24, 2.45) is 0 Å². The van der Waals surface area contributed by atoms with E-state index in [1.807, 2.05) is 58.9 Å². The molecule has 1 aromatic carbocycles. The van der Waals surface area contributed by atoms with Crippen molar-refractivity contribution in [2.75, 3.05) is 0 Å². The van der Waals surface area contributed by atoms with Crippen molar-refractivity contribution in [1.29, 1.82) is 0 Å². The summed E-state index contributed by atoms with van der Waals surface area (Å²) in [6.07, 6.45) is 0.163. The van der Waals surface area contributed by atoms with E-state index in [4.69, 9.17) is 5.11 Å². The molecule has 0 aliphatic rings. The molecule has 0 spiro atoms. The van der Waals surface area contributed by atoms with Gasteiger partial charge in [0.1, 0.15) is 0 Å². The minimum Gasteiger partial charge on any atom is -0.481 e. The van der Waals surface area contributed by atoms with E-state index >= 15 is 0 Å². The topological polar surface area (TPSA) is 37.3 Å². The van der Waals surface area contributed by atoms with Crippen LogP contribution in [0.5, 0.6) is 0 Å². The van der Waals surface area contributed by atoms with Crippen LogP contribution in [0.25, 0.3) is 0 Å². The summed E-state index contributed by atoms with van der Waals surface area (Å²) in [5.74, 6) is -0.753. The first kappa shape index (κ1) is 14.7. The van der Waals surface area contributed by atoms with E-state index < -0.39 is 5.97 Å². The van der Waals surface area contributed by atoms with Crippen LogP contribution in [-0.2, 0) is 10.2 Å². The summed E-state index contributed by atoms with van der Waals surface area (Å²) >= 11 is 0. The molecule has 0 amide bonds. The van der Waals surface area contributed by atoms with Gasteiger partial charge >= 0.3 is 5.97 Å². The lowest BCUT2D eigenvalue weighted by molar-refractivity contribution is -0.138. The van der Waals surface area contributed by atoms with Gasteiger partial charge in [-0.3, -0.25) is 4.79 Å². The number of aryl methyl sites for hydroxylation is 1. The summed E-state index contributed by atoms with van der Waals surface area (Å²) in [4.78, 5) is 10.7. The second kappa shape index (κ2) is 6.31. The summed E-state index contributed by atoms with van der Waals surface area (Å²) in [6, 6.07) is 8.01. The summed E-state index contributed by atoms with van der Waals surface area (Å²) in [5.41, 5.74) is 1.96. The zero-order valence-electron chi connectivity index (χ0n) is 10.9. The van der Waals surface area contributed by atoms with Crippen LogP contribution in [-0.4, -0.2) is 11.1 Å². The second-order valence-corrected chi connectivity index (χ2v) is 4.32. The smallest absolute Gasteiger partial charge is 0.304 e. The van der Waals surface area contributed by atoms with Gasteiger partial charge in [-0.15, -0.1) is 0 Å². The van der Waals surface area contributed by atoms with E-state index in [2.05, 4.69) is 0 Å². The average Bonchev–Trinajstić information content (AvgIpc) is 2.19. The highest BCUT2D eigenvalue weighted by atomic mass is 16.4. The maximum Gasteiger partial charge on any atom is 0.304 e. The molecule has 1 aromatic rings. The molecule has 16 heavy (non-hydrogen) atoms. The Kier molecular flexibility index (Phi) is 5.79. The van der Waals surface area contributed by atoms with Gasteiger partial charge in [-0.2, -0.15) is 0 Å². The van der Waals surface area contributed by atoms with Crippen molar-refractivity contribution in [3.05, 3.63) is 35.4 Å². The van der Waals surface area contributed by atoms with Crippen LogP contribution >= 0.6 is 0 Å². The predicted octanol–water partition coefficient (Wildman–Crippen LogP) is 3.77. The molecule has 0 saturated carbocycles. The molecule has 0 unspecified atom stereocenters. The molecule has 2 heteroatoms. The molecule has 0 heterocycles. The van der Waals surface area contributed by atoms with Crippen molar-refractivity contribution in [3.63, 3.8) is 0 Å². The van der Waals surface area contributed by atoms with Crippen LogP contribution in [0.1, 0.15) is 45.2 Å². The van der Waals surface area contributed by atoms with Crippen LogP contribution in [0.2, 0.25) is 0 Å². The van der Waals surface area contributed by atoms with Gasteiger partial charge in [0.25, 0.3) is 0 Å². The van der Waals surface area contributed by atoms with E-state index in [1.165, 1.54) is 5.56 Å². The molecule has 0 radical (unpaired) electrons. The Morgan fingerprint density at radius 3 is 2.31 bits per heavy atom. The average molecular weight is 222 g/mol. The molecule has 2 nitrogen and oxygen atoms in total. The van der Waals surface area contributed by atoms with Crippen molar-refractivity contribution in [1.82, 2.24) is 0 Å². The fraction of sp³-hybridized carbons (Fsp3) is 0.500. The van der Waals surface area contributed by atoms with E-state index in [0.29, 0.717) is 0 Å². The number of carboxylic acid groups (broad SMARTS) is 1. The summed E-state index contributed by atoms with van der Waals surface area (Å²) in [5, 5.41) is 8.78. The monoisotopic (exact) mass is 222 g/mol. The van der Waals surface area contributed by atoms with Gasteiger partial charge in [0.05, 0.1) is 6.42 Å². The quantitative estimate of drug-likeness (QED) is 0.845. The summed E-state index contributed by atoms with van der Waals surface area (Å²) in [6.45, 7) is 9.92. The molecular formula is C14H22O2. The normalized spacial score (nSPS) is 10.3. The number of carboxylic acids is 1. The van der Waals surface area contributed by atoms with Crippen molar-refractivity contribution in [3.8, 4) is 0 Å². The van der Waals surface area contributed by atoms with E-state index in [-0.39, 0.29) is 11.8 Å². The zero-order chi connectivity index (χ0) is 12.8. The fourth-order valence-corrected chi connectivity index (χ4v) is 1.55. The van der Waals surface area contributed by atoms with Gasteiger partial charge < -0.3 is 5.11 Å². The number of rotatable bonds is 3. The zero-order valence-corrected chi connectivity index (χ0v) is 10.9. The van der Waals surface area contributed by atoms with Gasteiger partial charge in [0.15, 0.2) is 0 Å². The van der Waals surface area contributed by atoms with E-state index in [0.717, 1.165) is 5.56 Å². The van der Waals surface area contributed by atoms with E-state index in [1.54, 1.807) is 0 Å². The Bertz CT molecular complexity index is 340. The third kappa shape index (κ3) is 4.47. The molecule has 1 N–H and O–H groups in total. The summed E-state index contributed by atoms with van der Waals surface area (Å²) in [7, 11) is 0. The van der Waals surface area contributed by atoms with Gasteiger partial charge in [0, 0.05) is 5.41 Å². The highest BCUT2D eigenvalue weighted by Gasteiger charge is 2.23. The molecule has 1 rings (SSSR count). The summed E-state index contributed by atoms with van der Waals surface area (Å²) < 4.78 is 0. The number of benzene rings is 1. The van der Waals surface area contributed by atoms with Crippen LogP contribution < -0.4 is 0 Å². The lowest BCUT2D eigenvalue weighted by atomic mass is 9.81. The van der Waals surface area contributed by atoms with Gasteiger partial charge in [-0.1, -0.05) is 57.5 Å². The van der Waals surface area contributed by atoms with Crippen LogP contribution in [0.3, 0.4) is 0 Å². The van der Waals surface area contributed by atoms with Crippen LogP contribution in [0.15, 0.2) is 24.3 Å². The van der Waals surface area contributed by atoms with Crippen molar-refractivity contribution in [2.45, 2.75) is 46.5 Å². The van der Waals surface area contributed by atoms with Gasteiger partial charge in [-0.25, -0.2) is 0 Å². The van der Waals surface area contributed by atoms with Crippen LogP contribution in [0.4, 0.5) is 0 Å². The van der Waals surface area contributed by atoms with Crippen LogP contribution in [0, 0.1) is 6.92 Å². The minimum absolute atomic E-state index is 0.163. The highest BCUT2D eigenvalue weighted by Crippen LogP contribution is 2.27.